The van der Waals surface area contributed by atoms with Crippen molar-refractivity contribution in [1.29, 1.82) is 0 Å². The summed E-state index contributed by atoms with van der Waals surface area (Å²) in [5, 5.41) is 0.356. The normalized spacial score (nSPS) is 21.0. The molecule has 0 saturated carbocycles. The fourth-order valence-electron chi connectivity index (χ4n) is 2.43. The topological polar surface area (TPSA) is 75.4 Å². The van der Waals surface area contributed by atoms with Crippen LogP contribution < -0.4 is 10.5 Å². The van der Waals surface area contributed by atoms with E-state index in [2.05, 4.69) is 9.62 Å². The molecule has 0 aromatic heterocycles. The quantitative estimate of drug-likeness (QED) is 0.829. The Kier molecular flexibility index (Phi) is 4.90. The van der Waals surface area contributed by atoms with Crippen LogP contribution in [0, 0.1) is 0 Å². The van der Waals surface area contributed by atoms with Crippen LogP contribution in [-0.4, -0.2) is 39.5 Å². The second-order valence-corrected chi connectivity index (χ2v) is 7.34. The largest absolute Gasteiger partial charge is 0.398 e. The van der Waals surface area contributed by atoms with Crippen molar-refractivity contribution in [3.8, 4) is 0 Å². The van der Waals surface area contributed by atoms with Gasteiger partial charge in [0.25, 0.3) is 0 Å². The van der Waals surface area contributed by atoms with E-state index in [1.54, 1.807) is 6.07 Å². The average Bonchev–Trinajstić information content (AvgIpc) is 2.40. The van der Waals surface area contributed by atoms with Gasteiger partial charge in [0.05, 0.1) is 5.69 Å². The zero-order chi connectivity index (χ0) is 14.8. The zero-order valence-corrected chi connectivity index (χ0v) is 13.0. The van der Waals surface area contributed by atoms with Gasteiger partial charge in [-0.05, 0) is 44.6 Å². The smallest absolute Gasteiger partial charge is 0.242 e. The molecule has 1 heterocycles. The third-order valence-electron chi connectivity index (χ3n) is 3.70. The fraction of sp³-hybridized carbons (Fsp3) is 0.538. The second-order valence-electron chi connectivity index (χ2n) is 5.16. The first kappa shape index (κ1) is 15.6. The molecule has 1 aliphatic heterocycles. The second kappa shape index (κ2) is 6.30. The van der Waals surface area contributed by atoms with Gasteiger partial charge in [0.15, 0.2) is 0 Å². The molecular formula is C13H20ClN3O2S. The number of nitrogens with two attached hydrogens (primary N) is 1. The zero-order valence-electron chi connectivity index (χ0n) is 11.5. The van der Waals surface area contributed by atoms with Gasteiger partial charge in [0.1, 0.15) is 4.90 Å². The molecule has 1 unspecified atom stereocenters. The van der Waals surface area contributed by atoms with E-state index in [0.717, 1.165) is 19.4 Å². The number of hydrogen-bond acceptors (Lipinski definition) is 4. The molecule has 5 nitrogen and oxygen atoms in total. The minimum absolute atomic E-state index is 0.0449. The number of halogens is 1. The minimum atomic E-state index is -3.62. The van der Waals surface area contributed by atoms with E-state index < -0.39 is 10.0 Å². The van der Waals surface area contributed by atoms with Gasteiger partial charge in [0.2, 0.25) is 10.0 Å². The molecule has 0 amide bonds. The number of likely N-dealkylation sites (N-methyl/N-ethyl adjacent to an activating group) is 1. The monoisotopic (exact) mass is 317 g/mol. The van der Waals surface area contributed by atoms with E-state index in [0.29, 0.717) is 11.6 Å². The average molecular weight is 318 g/mol. The van der Waals surface area contributed by atoms with Crippen LogP contribution in [0.25, 0.3) is 0 Å². The summed E-state index contributed by atoms with van der Waals surface area (Å²) < 4.78 is 27.2. The first-order valence-corrected chi connectivity index (χ1v) is 8.51. The summed E-state index contributed by atoms with van der Waals surface area (Å²) in [6.45, 7) is 1.40. The van der Waals surface area contributed by atoms with E-state index in [1.807, 2.05) is 7.05 Å². The van der Waals surface area contributed by atoms with Crippen LogP contribution in [0.4, 0.5) is 5.69 Å². The molecule has 1 aromatic rings. The summed E-state index contributed by atoms with van der Waals surface area (Å²) in [6.07, 6.45) is 3.31. The van der Waals surface area contributed by atoms with Gasteiger partial charge in [-0.15, -0.1) is 0 Å². The molecule has 2 rings (SSSR count). The number of anilines is 1. The van der Waals surface area contributed by atoms with Crippen LogP contribution in [0.15, 0.2) is 23.1 Å². The summed E-state index contributed by atoms with van der Waals surface area (Å²) in [7, 11) is -1.60. The first-order valence-electron chi connectivity index (χ1n) is 6.65. The number of piperidine rings is 1. The molecule has 0 spiro atoms. The molecule has 0 bridgehead atoms. The lowest BCUT2D eigenvalue weighted by Crippen LogP contribution is -2.44. The molecule has 1 atom stereocenters. The maximum atomic E-state index is 12.3. The van der Waals surface area contributed by atoms with E-state index in [9.17, 15) is 8.42 Å². The number of nitrogens with one attached hydrogen (secondary N) is 1. The fourth-order valence-corrected chi connectivity index (χ4v) is 3.89. The molecule has 0 radical (unpaired) electrons. The molecule has 1 fully saturated rings. The Labute approximate surface area is 125 Å². The molecule has 0 aliphatic carbocycles. The van der Waals surface area contributed by atoms with Gasteiger partial charge in [-0.2, -0.15) is 0 Å². The Hall–Kier alpha value is -0.820. The standard InChI is InChI=1S/C13H20ClN3O2S/c1-17-7-3-2-4-11(17)9-16-20(18,19)13-8-10(14)5-6-12(13)15/h5-6,8,11,16H,2-4,7,9,15H2,1H3. The van der Waals surface area contributed by atoms with Crippen molar-refractivity contribution < 1.29 is 8.42 Å². The van der Waals surface area contributed by atoms with Crippen LogP contribution in [-0.2, 0) is 10.0 Å². The Morgan fingerprint density at radius 2 is 2.20 bits per heavy atom. The number of benzene rings is 1. The van der Waals surface area contributed by atoms with E-state index in [-0.39, 0.29) is 16.6 Å². The number of nitrogens with zero attached hydrogens (tertiary/aromatic N) is 1. The van der Waals surface area contributed by atoms with Crippen molar-refractivity contribution in [1.82, 2.24) is 9.62 Å². The molecule has 1 aromatic carbocycles. The number of sulfonamides is 1. The van der Waals surface area contributed by atoms with Crippen LogP contribution in [0.3, 0.4) is 0 Å². The Bertz CT molecular complexity index is 577. The Morgan fingerprint density at radius 3 is 2.90 bits per heavy atom. The summed E-state index contributed by atoms with van der Waals surface area (Å²) >= 11 is 5.84. The van der Waals surface area contributed by atoms with Gasteiger partial charge in [-0.3, -0.25) is 0 Å². The van der Waals surface area contributed by atoms with Gasteiger partial charge in [-0.1, -0.05) is 18.0 Å². The van der Waals surface area contributed by atoms with E-state index >= 15 is 0 Å². The van der Waals surface area contributed by atoms with E-state index in [1.165, 1.54) is 18.6 Å². The molecule has 20 heavy (non-hydrogen) atoms. The van der Waals surface area contributed by atoms with Crippen molar-refractivity contribution in [2.45, 2.75) is 30.2 Å². The molecule has 7 heteroatoms. The number of rotatable bonds is 4. The van der Waals surface area contributed by atoms with Gasteiger partial charge in [0, 0.05) is 17.6 Å². The summed E-state index contributed by atoms with van der Waals surface area (Å²) in [5.74, 6) is 0. The highest BCUT2D eigenvalue weighted by atomic mass is 35.5. The summed E-state index contributed by atoms with van der Waals surface area (Å²) in [6, 6.07) is 4.69. The highest BCUT2D eigenvalue weighted by Crippen LogP contribution is 2.23. The molecule has 1 saturated heterocycles. The molecule has 3 N–H and O–H groups in total. The summed E-state index contributed by atoms with van der Waals surface area (Å²) in [5.41, 5.74) is 5.93. The lowest BCUT2D eigenvalue weighted by Gasteiger charge is -2.32. The van der Waals surface area contributed by atoms with Gasteiger partial charge >= 0.3 is 0 Å². The predicted molar refractivity (Wildman–Crippen MR) is 81.3 cm³/mol. The van der Waals surface area contributed by atoms with Crippen LogP contribution >= 0.6 is 11.6 Å². The van der Waals surface area contributed by atoms with Crippen LogP contribution in [0.5, 0.6) is 0 Å². The molecular weight excluding hydrogens is 298 g/mol. The van der Waals surface area contributed by atoms with Crippen LogP contribution in [0.1, 0.15) is 19.3 Å². The predicted octanol–water partition coefficient (Wildman–Crippen LogP) is 1.68. The van der Waals surface area contributed by atoms with Crippen molar-refractivity contribution in [3.05, 3.63) is 23.2 Å². The third kappa shape index (κ3) is 3.63. The van der Waals surface area contributed by atoms with Crippen molar-refractivity contribution in [2.24, 2.45) is 0 Å². The Balaban J connectivity index is 2.09. The van der Waals surface area contributed by atoms with Crippen molar-refractivity contribution >= 4 is 27.3 Å². The highest BCUT2D eigenvalue weighted by molar-refractivity contribution is 7.89. The minimum Gasteiger partial charge on any atom is -0.398 e. The van der Waals surface area contributed by atoms with E-state index in [4.69, 9.17) is 17.3 Å². The van der Waals surface area contributed by atoms with Gasteiger partial charge in [-0.25, -0.2) is 13.1 Å². The first-order chi connectivity index (χ1) is 9.40. The van der Waals surface area contributed by atoms with Gasteiger partial charge < -0.3 is 10.6 Å². The van der Waals surface area contributed by atoms with Crippen molar-refractivity contribution in [2.75, 3.05) is 25.9 Å². The lowest BCUT2D eigenvalue weighted by molar-refractivity contribution is 0.187. The third-order valence-corrected chi connectivity index (χ3v) is 5.41. The number of likely N-dealkylation sites (tertiary alicyclic amines) is 1. The lowest BCUT2D eigenvalue weighted by atomic mass is 10.0. The Morgan fingerprint density at radius 1 is 1.45 bits per heavy atom. The van der Waals surface area contributed by atoms with Crippen molar-refractivity contribution in [3.63, 3.8) is 0 Å². The summed E-state index contributed by atoms with van der Waals surface area (Å²) in [4.78, 5) is 2.23. The highest BCUT2D eigenvalue weighted by Gasteiger charge is 2.23. The maximum absolute atomic E-state index is 12.3. The number of hydrogen-bond donors (Lipinski definition) is 2. The SMILES string of the molecule is CN1CCCCC1CNS(=O)(=O)c1cc(Cl)ccc1N. The molecule has 1 aliphatic rings. The van der Waals surface area contributed by atoms with Crippen LogP contribution in [0.2, 0.25) is 5.02 Å². The maximum Gasteiger partial charge on any atom is 0.242 e. The number of nitrogen functional groups attached to an aromatic ring is 1. The molecule has 112 valence electrons.